The fraction of sp³-hybridized carbons (Fsp3) is 0.889. The second kappa shape index (κ2) is 7.37. The molecule has 1 aliphatic heterocycles. The number of hydrogen-bond acceptors (Lipinski definition) is 3. The third kappa shape index (κ3) is 4.96. The van der Waals surface area contributed by atoms with Crippen LogP contribution in [0.3, 0.4) is 0 Å². The molecule has 0 aromatic heterocycles. The maximum absolute atomic E-state index is 11.4. The molecule has 1 rings (SSSR count). The summed E-state index contributed by atoms with van der Waals surface area (Å²) in [6, 6.07) is 0. The Balaban J connectivity index is 0.00000256. The molecule has 3 N–H and O–H groups in total. The Morgan fingerprint density at radius 1 is 1.47 bits per heavy atom. The van der Waals surface area contributed by atoms with Crippen LogP contribution in [-0.2, 0) is 10.0 Å². The SMILES string of the molecule is CCNC(N)=NCC1CN(S(=O)(=O)CC)C1.I. The zero-order valence-electron chi connectivity index (χ0n) is 10.2. The van der Waals surface area contributed by atoms with Crippen molar-refractivity contribution in [2.75, 3.05) is 31.9 Å². The first kappa shape index (κ1) is 16.9. The third-order valence-corrected chi connectivity index (χ3v) is 4.37. The molecule has 8 heteroatoms. The van der Waals surface area contributed by atoms with Crippen molar-refractivity contribution in [3.63, 3.8) is 0 Å². The smallest absolute Gasteiger partial charge is 0.213 e. The number of aliphatic imine (C=N–C) groups is 1. The van der Waals surface area contributed by atoms with Gasteiger partial charge in [0.1, 0.15) is 0 Å². The minimum Gasteiger partial charge on any atom is -0.370 e. The fourth-order valence-electron chi connectivity index (χ4n) is 1.51. The molecule has 0 aromatic carbocycles. The van der Waals surface area contributed by atoms with Gasteiger partial charge in [-0.15, -0.1) is 24.0 Å². The van der Waals surface area contributed by atoms with Gasteiger partial charge in [0.15, 0.2) is 5.96 Å². The summed E-state index contributed by atoms with van der Waals surface area (Å²) in [5, 5.41) is 2.90. The van der Waals surface area contributed by atoms with Gasteiger partial charge < -0.3 is 11.1 Å². The summed E-state index contributed by atoms with van der Waals surface area (Å²) in [5.41, 5.74) is 5.56. The lowest BCUT2D eigenvalue weighted by Gasteiger charge is -2.37. The third-order valence-electron chi connectivity index (χ3n) is 2.56. The maximum atomic E-state index is 11.4. The molecule has 0 unspecified atom stereocenters. The quantitative estimate of drug-likeness (QED) is 0.396. The van der Waals surface area contributed by atoms with Gasteiger partial charge in [-0.2, -0.15) is 0 Å². The summed E-state index contributed by atoms with van der Waals surface area (Å²) in [6.07, 6.45) is 0. The molecule has 17 heavy (non-hydrogen) atoms. The highest BCUT2D eigenvalue weighted by molar-refractivity contribution is 14.0. The van der Waals surface area contributed by atoms with E-state index in [4.69, 9.17) is 5.73 Å². The topological polar surface area (TPSA) is 87.8 Å². The molecule has 0 radical (unpaired) electrons. The van der Waals surface area contributed by atoms with E-state index in [0.717, 1.165) is 6.54 Å². The van der Waals surface area contributed by atoms with Crippen LogP contribution < -0.4 is 11.1 Å². The van der Waals surface area contributed by atoms with E-state index in [2.05, 4.69) is 10.3 Å². The van der Waals surface area contributed by atoms with Crippen molar-refractivity contribution >= 4 is 40.0 Å². The van der Waals surface area contributed by atoms with Gasteiger partial charge in [-0.1, -0.05) is 0 Å². The van der Waals surface area contributed by atoms with Gasteiger partial charge in [0, 0.05) is 32.1 Å². The van der Waals surface area contributed by atoms with Gasteiger partial charge in [-0.25, -0.2) is 12.7 Å². The van der Waals surface area contributed by atoms with Crippen LogP contribution in [0, 0.1) is 5.92 Å². The average Bonchev–Trinajstić information content (AvgIpc) is 2.15. The Morgan fingerprint density at radius 2 is 2.06 bits per heavy atom. The molecule has 102 valence electrons. The molecule has 0 saturated carbocycles. The van der Waals surface area contributed by atoms with Crippen LogP contribution >= 0.6 is 24.0 Å². The van der Waals surface area contributed by atoms with Crippen LogP contribution in [0.4, 0.5) is 0 Å². The summed E-state index contributed by atoms with van der Waals surface area (Å²) in [7, 11) is -3.01. The maximum Gasteiger partial charge on any atom is 0.213 e. The van der Waals surface area contributed by atoms with Crippen LogP contribution in [0.2, 0.25) is 0 Å². The van der Waals surface area contributed by atoms with Crippen LogP contribution in [0.15, 0.2) is 4.99 Å². The van der Waals surface area contributed by atoms with E-state index in [0.29, 0.717) is 31.5 Å². The molecule has 1 saturated heterocycles. The van der Waals surface area contributed by atoms with E-state index >= 15 is 0 Å². The van der Waals surface area contributed by atoms with Crippen LogP contribution in [0.5, 0.6) is 0 Å². The minimum atomic E-state index is -3.01. The summed E-state index contributed by atoms with van der Waals surface area (Å²) < 4.78 is 24.3. The molecule has 1 fully saturated rings. The van der Waals surface area contributed by atoms with E-state index in [1.807, 2.05) is 6.92 Å². The highest BCUT2D eigenvalue weighted by atomic mass is 127. The largest absolute Gasteiger partial charge is 0.370 e. The normalized spacial score (nSPS) is 18.4. The van der Waals surface area contributed by atoms with Crippen molar-refractivity contribution in [1.29, 1.82) is 0 Å². The monoisotopic (exact) mass is 376 g/mol. The molecular weight excluding hydrogens is 355 g/mol. The Bertz CT molecular complexity index is 352. The second-order valence-corrected chi connectivity index (χ2v) is 6.10. The fourth-order valence-corrected chi connectivity index (χ4v) is 2.75. The van der Waals surface area contributed by atoms with Crippen LogP contribution in [-0.4, -0.2) is 50.6 Å². The summed E-state index contributed by atoms with van der Waals surface area (Å²) in [6.45, 7) is 6.08. The Morgan fingerprint density at radius 3 is 2.53 bits per heavy atom. The van der Waals surface area contributed by atoms with E-state index < -0.39 is 10.0 Å². The highest BCUT2D eigenvalue weighted by Gasteiger charge is 2.34. The van der Waals surface area contributed by atoms with Crippen molar-refractivity contribution in [2.45, 2.75) is 13.8 Å². The molecule has 1 heterocycles. The van der Waals surface area contributed by atoms with E-state index in [9.17, 15) is 8.42 Å². The minimum absolute atomic E-state index is 0. The zero-order chi connectivity index (χ0) is 12.2. The summed E-state index contributed by atoms with van der Waals surface area (Å²) in [5.74, 6) is 0.903. The number of halogens is 1. The Kier molecular flexibility index (Phi) is 7.33. The molecule has 0 spiro atoms. The first-order valence-corrected chi connectivity index (χ1v) is 7.12. The number of nitrogens with zero attached hydrogens (tertiary/aromatic N) is 2. The van der Waals surface area contributed by atoms with Crippen LogP contribution in [0.1, 0.15) is 13.8 Å². The standard InChI is InChI=1S/C9H20N4O2S.HI/c1-3-11-9(10)12-5-8-6-13(7-8)16(14,15)4-2;/h8H,3-7H2,1-2H3,(H3,10,11,12);1H. The number of nitrogens with one attached hydrogen (secondary N) is 1. The first-order valence-electron chi connectivity index (χ1n) is 5.51. The second-order valence-electron chi connectivity index (χ2n) is 3.84. The molecule has 6 nitrogen and oxygen atoms in total. The summed E-state index contributed by atoms with van der Waals surface area (Å²) >= 11 is 0. The molecule has 0 amide bonds. The van der Waals surface area contributed by atoms with E-state index in [1.165, 1.54) is 4.31 Å². The number of guanidine groups is 1. The Hall–Kier alpha value is -0.0900. The van der Waals surface area contributed by atoms with Crippen molar-refractivity contribution < 1.29 is 8.42 Å². The molecule has 0 aromatic rings. The van der Waals surface area contributed by atoms with Crippen molar-refractivity contribution in [3.05, 3.63) is 0 Å². The van der Waals surface area contributed by atoms with Gasteiger partial charge in [0.05, 0.1) is 5.75 Å². The molecule has 1 aliphatic rings. The number of sulfonamides is 1. The van der Waals surface area contributed by atoms with Gasteiger partial charge >= 0.3 is 0 Å². The van der Waals surface area contributed by atoms with Crippen molar-refractivity contribution in [2.24, 2.45) is 16.6 Å². The molecular formula is C9H21IN4O2S. The van der Waals surface area contributed by atoms with Gasteiger partial charge in [-0.3, -0.25) is 4.99 Å². The predicted octanol–water partition coefficient (Wildman–Crippen LogP) is -0.190. The van der Waals surface area contributed by atoms with Gasteiger partial charge in [0.2, 0.25) is 10.0 Å². The number of hydrogen-bond donors (Lipinski definition) is 2. The van der Waals surface area contributed by atoms with Gasteiger partial charge in [-0.05, 0) is 13.8 Å². The zero-order valence-corrected chi connectivity index (χ0v) is 13.4. The molecule has 0 atom stereocenters. The predicted molar refractivity (Wildman–Crippen MR) is 80.1 cm³/mol. The number of rotatable bonds is 5. The number of nitrogens with two attached hydrogens (primary N) is 1. The van der Waals surface area contributed by atoms with Gasteiger partial charge in [0.25, 0.3) is 0 Å². The highest BCUT2D eigenvalue weighted by Crippen LogP contribution is 2.19. The summed E-state index contributed by atoms with van der Waals surface area (Å²) in [4.78, 5) is 4.14. The van der Waals surface area contributed by atoms with E-state index in [-0.39, 0.29) is 29.7 Å². The average molecular weight is 376 g/mol. The lowest BCUT2D eigenvalue weighted by Crippen LogP contribution is -2.51. The lowest BCUT2D eigenvalue weighted by atomic mass is 10.0. The first-order chi connectivity index (χ1) is 7.49. The Labute approximate surface area is 120 Å². The molecule has 0 aliphatic carbocycles. The molecule has 0 bridgehead atoms. The van der Waals surface area contributed by atoms with Crippen molar-refractivity contribution in [3.8, 4) is 0 Å². The lowest BCUT2D eigenvalue weighted by molar-refractivity contribution is 0.208. The van der Waals surface area contributed by atoms with Crippen LogP contribution in [0.25, 0.3) is 0 Å². The van der Waals surface area contributed by atoms with E-state index in [1.54, 1.807) is 6.92 Å². The van der Waals surface area contributed by atoms with Crippen molar-refractivity contribution in [1.82, 2.24) is 9.62 Å².